The lowest BCUT2D eigenvalue weighted by molar-refractivity contribution is -0.138. The largest absolute Gasteiger partial charge is 0.496 e. The van der Waals surface area contributed by atoms with Gasteiger partial charge in [-0.1, -0.05) is 13.8 Å². The van der Waals surface area contributed by atoms with E-state index < -0.39 is 11.9 Å². The van der Waals surface area contributed by atoms with Crippen molar-refractivity contribution in [1.29, 1.82) is 0 Å². The van der Waals surface area contributed by atoms with Crippen LogP contribution in [0.4, 0.5) is 0 Å². The Morgan fingerprint density at radius 3 is 2.47 bits per heavy atom. The van der Waals surface area contributed by atoms with Crippen LogP contribution in [0.15, 0.2) is 39.1 Å². The fourth-order valence-electron chi connectivity index (χ4n) is 4.34. The minimum atomic E-state index is -0.596. The van der Waals surface area contributed by atoms with Crippen molar-refractivity contribution < 1.29 is 23.8 Å². The third-order valence-electron chi connectivity index (χ3n) is 5.55. The number of benzene rings is 1. The quantitative estimate of drug-likeness (QED) is 0.622. The van der Waals surface area contributed by atoms with Crippen LogP contribution in [0.25, 0.3) is 0 Å². The molecule has 0 radical (unpaired) electrons. The van der Waals surface area contributed by atoms with Gasteiger partial charge in [0.05, 0.1) is 36.8 Å². The van der Waals surface area contributed by atoms with Gasteiger partial charge in [0.25, 0.3) is 0 Å². The summed E-state index contributed by atoms with van der Waals surface area (Å²) in [6, 6.07) is 3.62. The van der Waals surface area contributed by atoms with Gasteiger partial charge in [0.1, 0.15) is 11.5 Å². The molecule has 1 aromatic rings. The highest BCUT2D eigenvalue weighted by molar-refractivity contribution is 9.10. The molecule has 162 valence electrons. The zero-order valence-corrected chi connectivity index (χ0v) is 19.9. The van der Waals surface area contributed by atoms with Gasteiger partial charge in [0.15, 0.2) is 5.78 Å². The van der Waals surface area contributed by atoms with E-state index >= 15 is 0 Å². The van der Waals surface area contributed by atoms with E-state index in [2.05, 4.69) is 35.1 Å². The van der Waals surface area contributed by atoms with E-state index in [9.17, 15) is 9.59 Å². The number of nitrogens with one attached hydrogen (secondary N) is 1. The predicted molar refractivity (Wildman–Crippen MR) is 118 cm³/mol. The molecule has 1 aliphatic carbocycles. The molecular weight excluding hydrogens is 450 g/mol. The summed E-state index contributed by atoms with van der Waals surface area (Å²) in [5.74, 6) is 0.142. The second-order valence-electron chi connectivity index (χ2n) is 8.38. The van der Waals surface area contributed by atoms with Gasteiger partial charge in [-0.3, -0.25) is 4.79 Å². The SMILES string of the molecule is CCOC(=O)C1=C(C)NC2=C(C(=O)CC(C)(C)C2)C1c1cc(OC)c(Br)cc1OC. The van der Waals surface area contributed by atoms with Gasteiger partial charge in [-0.05, 0) is 53.7 Å². The maximum Gasteiger partial charge on any atom is 0.336 e. The number of carbonyl (C=O) groups is 2. The van der Waals surface area contributed by atoms with Crippen molar-refractivity contribution in [1.82, 2.24) is 5.32 Å². The number of dihydropyridines is 1. The maximum atomic E-state index is 13.3. The van der Waals surface area contributed by atoms with Crippen LogP contribution >= 0.6 is 15.9 Å². The summed E-state index contributed by atoms with van der Waals surface area (Å²) in [5.41, 5.74) is 3.11. The molecule has 0 aromatic heterocycles. The highest BCUT2D eigenvalue weighted by Crippen LogP contribution is 2.50. The van der Waals surface area contributed by atoms with Crippen molar-refractivity contribution in [2.45, 2.75) is 46.5 Å². The molecule has 0 saturated heterocycles. The molecule has 2 aliphatic rings. The Balaban J connectivity index is 2.29. The van der Waals surface area contributed by atoms with E-state index in [1.54, 1.807) is 27.2 Å². The fourth-order valence-corrected chi connectivity index (χ4v) is 4.82. The Morgan fingerprint density at radius 2 is 1.87 bits per heavy atom. The molecule has 1 unspecified atom stereocenters. The van der Waals surface area contributed by atoms with E-state index in [0.29, 0.717) is 46.7 Å². The number of methoxy groups -OCH3 is 2. The highest BCUT2D eigenvalue weighted by atomic mass is 79.9. The van der Waals surface area contributed by atoms with Crippen molar-refractivity contribution in [3.05, 3.63) is 44.7 Å². The molecule has 0 amide bonds. The average molecular weight is 478 g/mol. The van der Waals surface area contributed by atoms with E-state index in [1.165, 1.54) is 0 Å². The van der Waals surface area contributed by atoms with Crippen LogP contribution in [0.2, 0.25) is 0 Å². The van der Waals surface area contributed by atoms with Crippen molar-refractivity contribution in [2.75, 3.05) is 20.8 Å². The topological polar surface area (TPSA) is 73.9 Å². The molecule has 1 aliphatic heterocycles. The second-order valence-corrected chi connectivity index (χ2v) is 9.23. The fraction of sp³-hybridized carbons (Fsp3) is 0.478. The molecule has 1 atom stereocenters. The van der Waals surface area contributed by atoms with E-state index in [-0.39, 0.29) is 17.8 Å². The molecule has 1 N–H and O–H groups in total. The van der Waals surface area contributed by atoms with Crippen LogP contribution in [0, 0.1) is 5.41 Å². The molecule has 0 fully saturated rings. The standard InChI is InChI=1S/C23H28BrNO5/c1-7-30-22(27)19-12(2)25-15-10-23(3,4)11-16(26)21(15)20(19)13-8-18(29-6)14(24)9-17(13)28-5/h8-9,20,25H,7,10-11H2,1-6H3. The van der Waals surface area contributed by atoms with Crippen LogP contribution in [0.1, 0.15) is 52.0 Å². The third kappa shape index (κ3) is 4.00. The molecular formula is C23H28BrNO5. The Morgan fingerprint density at radius 1 is 1.20 bits per heavy atom. The van der Waals surface area contributed by atoms with Crippen LogP contribution in [-0.4, -0.2) is 32.6 Å². The summed E-state index contributed by atoms with van der Waals surface area (Å²) in [5, 5.41) is 3.33. The number of halogens is 1. The predicted octanol–water partition coefficient (Wildman–Crippen LogP) is 4.63. The molecule has 30 heavy (non-hydrogen) atoms. The number of hydrogen-bond acceptors (Lipinski definition) is 6. The van der Waals surface area contributed by atoms with Gasteiger partial charge < -0.3 is 19.5 Å². The van der Waals surface area contributed by atoms with Crippen LogP contribution in [-0.2, 0) is 14.3 Å². The minimum Gasteiger partial charge on any atom is -0.496 e. The first-order valence-corrected chi connectivity index (χ1v) is 10.7. The van der Waals surface area contributed by atoms with Gasteiger partial charge >= 0.3 is 5.97 Å². The number of ketones is 1. The summed E-state index contributed by atoms with van der Waals surface area (Å²) in [7, 11) is 3.14. The number of allylic oxidation sites excluding steroid dienone is 3. The number of rotatable bonds is 5. The molecule has 3 rings (SSSR count). The molecule has 1 heterocycles. The van der Waals surface area contributed by atoms with Gasteiger partial charge in [0, 0.05) is 29.0 Å². The van der Waals surface area contributed by atoms with Crippen LogP contribution in [0.5, 0.6) is 11.5 Å². The molecule has 0 spiro atoms. The van der Waals surface area contributed by atoms with Crippen molar-refractivity contribution >= 4 is 27.7 Å². The summed E-state index contributed by atoms with van der Waals surface area (Å²) in [4.78, 5) is 26.3. The van der Waals surface area contributed by atoms with Gasteiger partial charge in [-0.25, -0.2) is 4.79 Å². The van der Waals surface area contributed by atoms with Gasteiger partial charge in [-0.15, -0.1) is 0 Å². The molecule has 0 saturated carbocycles. The first kappa shape index (κ1) is 22.4. The minimum absolute atomic E-state index is 0.0250. The molecule has 0 bridgehead atoms. The number of hydrogen-bond donors (Lipinski definition) is 1. The van der Waals surface area contributed by atoms with Crippen molar-refractivity contribution in [3.63, 3.8) is 0 Å². The molecule has 6 nitrogen and oxygen atoms in total. The van der Waals surface area contributed by atoms with Crippen molar-refractivity contribution in [3.8, 4) is 11.5 Å². The first-order chi connectivity index (χ1) is 14.1. The van der Waals surface area contributed by atoms with E-state index in [0.717, 1.165) is 10.2 Å². The van der Waals surface area contributed by atoms with Crippen molar-refractivity contribution in [2.24, 2.45) is 5.41 Å². The molecule has 1 aromatic carbocycles. The Labute approximate surface area is 185 Å². The monoisotopic (exact) mass is 477 g/mol. The third-order valence-corrected chi connectivity index (χ3v) is 6.17. The number of Topliss-reactive ketones (excluding diaryl/α,β-unsaturated/α-hetero) is 1. The lowest BCUT2D eigenvalue weighted by Gasteiger charge is -2.39. The van der Waals surface area contributed by atoms with E-state index in [4.69, 9.17) is 14.2 Å². The molecule has 7 heteroatoms. The highest BCUT2D eigenvalue weighted by Gasteiger charge is 2.44. The Bertz CT molecular complexity index is 961. The van der Waals surface area contributed by atoms with Gasteiger partial charge in [0.2, 0.25) is 0 Å². The average Bonchev–Trinajstić information content (AvgIpc) is 2.65. The number of esters is 1. The van der Waals surface area contributed by atoms with E-state index in [1.807, 2.05) is 13.0 Å². The van der Waals surface area contributed by atoms with Gasteiger partial charge in [-0.2, -0.15) is 0 Å². The zero-order chi connectivity index (χ0) is 22.2. The normalized spacial score (nSPS) is 20.5. The Kier molecular flexibility index (Phi) is 6.32. The maximum absolute atomic E-state index is 13.3. The smallest absolute Gasteiger partial charge is 0.336 e. The summed E-state index contributed by atoms with van der Waals surface area (Å²) >= 11 is 3.48. The summed E-state index contributed by atoms with van der Waals surface area (Å²) < 4.78 is 17.2. The Hall–Kier alpha value is -2.28. The van der Waals surface area contributed by atoms with Crippen LogP contribution in [0.3, 0.4) is 0 Å². The number of carbonyl (C=O) groups excluding carboxylic acids is 2. The first-order valence-electron chi connectivity index (χ1n) is 9.96. The lowest BCUT2D eigenvalue weighted by atomic mass is 9.68. The number of ether oxygens (including phenoxy) is 3. The van der Waals surface area contributed by atoms with Crippen LogP contribution < -0.4 is 14.8 Å². The lowest BCUT2D eigenvalue weighted by Crippen LogP contribution is -2.38. The zero-order valence-electron chi connectivity index (χ0n) is 18.3. The second kappa shape index (κ2) is 8.46. The summed E-state index contributed by atoms with van der Waals surface area (Å²) in [6.45, 7) is 8.01. The summed E-state index contributed by atoms with van der Waals surface area (Å²) in [6.07, 6.45) is 1.13.